The molecule has 1 rings (SSSR count). The fourth-order valence-corrected chi connectivity index (χ4v) is 1.00. The zero-order valence-electron chi connectivity index (χ0n) is 7.14. The number of rotatable bonds is 3. The van der Waals surface area contributed by atoms with Gasteiger partial charge in [-0.15, -0.1) is 0 Å². The lowest BCUT2D eigenvalue weighted by Crippen LogP contribution is -2.09. The summed E-state index contributed by atoms with van der Waals surface area (Å²) in [5, 5.41) is 10.4. The summed E-state index contributed by atoms with van der Waals surface area (Å²) in [4.78, 5) is 23.3. The Bertz CT molecular complexity index is 425. The molecule has 0 bridgehead atoms. The highest BCUT2D eigenvalue weighted by atomic mass is 32.1. The van der Waals surface area contributed by atoms with Crippen LogP contribution in [0.25, 0.3) is 6.08 Å². The van der Waals surface area contributed by atoms with Gasteiger partial charge in [0.1, 0.15) is 0 Å². The van der Waals surface area contributed by atoms with Gasteiger partial charge in [-0.25, -0.2) is 0 Å². The molecule has 74 valence electrons. The summed E-state index contributed by atoms with van der Waals surface area (Å²) in [5.74, 6) is 0.474. The highest BCUT2D eigenvalue weighted by molar-refractivity contribution is 7.80. The van der Waals surface area contributed by atoms with Crippen molar-refractivity contribution in [3.63, 3.8) is 0 Å². The van der Waals surface area contributed by atoms with Crippen molar-refractivity contribution >= 4 is 24.4 Å². The lowest BCUT2D eigenvalue weighted by Gasteiger charge is -1.92. The van der Waals surface area contributed by atoms with E-state index in [-0.39, 0.29) is 16.8 Å². The molecule has 0 aliphatic heterocycles. The first kappa shape index (κ1) is 10.5. The Hall–Kier alpha value is -1.56. The molecule has 0 radical (unpaired) electrons. The van der Waals surface area contributed by atoms with Gasteiger partial charge in [-0.1, -0.05) is 12.2 Å². The minimum absolute atomic E-state index is 0.136. The Labute approximate surface area is 85.0 Å². The molecule has 1 aromatic rings. The first-order chi connectivity index (χ1) is 6.65. The van der Waals surface area contributed by atoms with E-state index in [4.69, 9.17) is 0 Å². The monoisotopic (exact) mass is 212 g/mol. The van der Waals surface area contributed by atoms with E-state index in [2.05, 4.69) is 17.6 Å². The molecular formula is C8H8N2O3S. The molecule has 0 aliphatic carbocycles. The van der Waals surface area contributed by atoms with Crippen LogP contribution in [-0.2, 0) is 0 Å². The van der Waals surface area contributed by atoms with Crippen LogP contribution in [0, 0.1) is 10.1 Å². The number of aromatic nitrogens is 1. The van der Waals surface area contributed by atoms with E-state index in [0.29, 0.717) is 5.75 Å². The molecule has 0 atom stereocenters. The Kier molecular flexibility index (Phi) is 3.47. The van der Waals surface area contributed by atoms with E-state index >= 15 is 0 Å². The largest absolute Gasteiger partial charge is 0.322 e. The van der Waals surface area contributed by atoms with Gasteiger partial charge >= 0.3 is 0 Å². The minimum Gasteiger partial charge on any atom is -0.322 e. The van der Waals surface area contributed by atoms with E-state index in [9.17, 15) is 14.9 Å². The van der Waals surface area contributed by atoms with Crippen LogP contribution in [0.4, 0.5) is 5.69 Å². The number of hydrogen-bond acceptors (Lipinski definition) is 4. The fourth-order valence-electron chi connectivity index (χ4n) is 0.898. The first-order valence-electron chi connectivity index (χ1n) is 3.79. The molecule has 0 spiro atoms. The van der Waals surface area contributed by atoms with Crippen LogP contribution in [0.2, 0.25) is 0 Å². The predicted octanol–water partition coefficient (Wildman–Crippen LogP) is 1.23. The predicted molar refractivity (Wildman–Crippen MR) is 56.6 cm³/mol. The van der Waals surface area contributed by atoms with Gasteiger partial charge < -0.3 is 4.98 Å². The number of nitro groups is 1. The lowest BCUT2D eigenvalue weighted by molar-refractivity contribution is -0.385. The van der Waals surface area contributed by atoms with Crippen molar-refractivity contribution < 1.29 is 4.92 Å². The average Bonchev–Trinajstić information content (AvgIpc) is 2.16. The number of hydrogen-bond donors (Lipinski definition) is 2. The maximum Gasteiger partial charge on any atom is 0.286 e. The number of H-pyrrole nitrogens is 1. The second kappa shape index (κ2) is 4.61. The standard InChI is InChI=1S/C8H8N2O3S/c11-8-6(2-1-3-14)4-7(5-9-8)10(12)13/h1-2,4-5,14H,3H2,(H,9,11). The summed E-state index contributed by atoms with van der Waals surface area (Å²) in [7, 11) is 0. The number of thiol groups is 1. The van der Waals surface area contributed by atoms with Crippen molar-refractivity contribution in [3.8, 4) is 0 Å². The van der Waals surface area contributed by atoms with E-state index in [1.54, 1.807) is 6.08 Å². The van der Waals surface area contributed by atoms with Gasteiger partial charge in [-0.2, -0.15) is 12.6 Å². The molecule has 5 nitrogen and oxygen atoms in total. The summed E-state index contributed by atoms with van der Waals surface area (Å²) in [6.07, 6.45) is 4.20. The molecule has 0 unspecified atom stereocenters. The van der Waals surface area contributed by atoms with Crippen LogP contribution >= 0.6 is 12.6 Å². The minimum atomic E-state index is -0.562. The normalized spacial score (nSPS) is 10.6. The van der Waals surface area contributed by atoms with E-state index in [0.717, 1.165) is 6.20 Å². The molecule has 0 aromatic carbocycles. The highest BCUT2D eigenvalue weighted by Crippen LogP contribution is 2.08. The molecule has 14 heavy (non-hydrogen) atoms. The summed E-state index contributed by atoms with van der Waals surface area (Å²) in [6, 6.07) is 1.22. The van der Waals surface area contributed by atoms with Crippen LogP contribution in [0.1, 0.15) is 5.56 Å². The van der Waals surface area contributed by atoms with Crippen molar-refractivity contribution in [2.75, 3.05) is 5.75 Å². The summed E-state index contributed by atoms with van der Waals surface area (Å²) in [6.45, 7) is 0. The zero-order valence-corrected chi connectivity index (χ0v) is 8.03. The smallest absolute Gasteiger partial charge is 0.286 e. The van der Waals surface area contributed by atoms with Crippen molar-refractivity contribution in [2.45, 2.75) is 0 Å². The topological polar surface area (TPSA) is 76.0 Å². The van der Waals surface area contributed by atoms with Gasteiger partial charge in [0.05, 0.1) is 11.1 Å². The maximum atomic E-state index is 11.1. The van der Waals surface area contributed by atoms with Crippen molar-refractivity contribution in [1.29, 1.82) is 0 Å². The molecular weight excluding hydrogens is 204 g/mol. The van der Waals surface area contributed by atoms with Crippen LogP contribution in [0.5, 0.6) is 0 Å². The van der Waals surface area contributed by atoms with Gasteiger partial charge in [-0.3, -0.25) is 14.9 Å². The van der Waals surface area contributed by atoms with Gasteiger partial charge in [0.2, 0.25) is 0 Å². The van der Waals surface area contributed by atoms with Gasteiger partial charge in [0.25, 0.3) is 11.2 Å². The number of nitrogens with zero attached hydrogens (tertiary/aromatic N) is 1. The summed E-state index contributed by atoms with van der Waals surface area (Å²) < 4.78 is 0. The van der Waals surface area contributed by atoms with E-state index < -0.39 is 4.92 Å². The Morgan fingerprint density at radius 2 is 2.36 bits per heavy atom. The molecule has 0 fully saturated rings. The lowest BCUT2D eigenvalue weighted by atomic mass is 10.2. The molecule has 0 amide bonds. The third-order valence-corrected chi connectivity index (χ3v) is 1.74. The molecule has 0 saturated heterocycles. The van der Waals surface area contributed by atoms with E-state index in [1.165, 1.54) is 12.1 Å². The number of aromatic amines is 1. The Balaban J connectivity index is 3.15. The SMILES string of the molecule is O=c1[nH]cc([N+](=O)[O-])cc1C=CCS. The van der Waals surface area contributed by atoms with Gasteiger partial charge in [0.15, 0.2) is 0 Å². The second-order valence-electron chi connectivity index (χ2n) is 2.48. The Morgan fingerprint density at radius 3 is 2.93 bits per heavy atom. The highest BCUT2D eigenvalue weighted by Gasteiger charge is 2.06. The third-order valence-electron chi connectivity index (χ3n) is 1.53. The van der Waals surface area contributed by atoms with Crippen molar-refractivity contribution in [3.05, 3.63) is 44.4 Å². The zero-order chi connectivity index (χ0) is 10.6. The number of nitrogens with one attached hydrogen (secondary N) is 1. The van der Waals surface area contributed by atoms with Crippen molar-refractivity contribution in [2.24, 2.45) is 0 Å². The summed E-state index contributed by atoms with van der Waals surface area (Å²) >= 11 is 3.92. The molecule has 1 heterocycles. The van der Waals surface area contributed by atoms with E-state index in [1.807, 2.05) is 0 Å². The average molecular weight is 212 g/mol. The molecule has 1 aromatic heterocycles. The van der Waals surface area contributed by atoms with Crippen LogP contribution in [0.3, 0.4) is 0 Å². The second-order valence-corrected chi connectivity index (χ2v) is 2.85. The van der Waals surface area contributed by atoms with Gasteiger partial charge in [-0.05, 0) is 0 Å². The number of pyridine rings is 1. The van der Waals surface area contributed by atoms with Gasteiger partial charge in [0, 0.05) is 17.4 Å². The van der Waals surface area contributed by atoms with Crippen LogP contribution < -0.4 is 5.56 Å². The molecule has 0 saturated carbocycles. The quantitative estimate of drug-likeness (QED) is 0.449. The first-order valence-corrected chi connectivity index (χ1v) is 4.43. The molecule has 1 N–H and O–H groups in total. The third kappa shape index (κ3) is 2.46. The van der Waals surface area contributed by atoms with Crippen molar-refractivity contribution in [1.82, 2.24) is 4.98 Å². The van der Waals surface area contributed by atoms with Crippen LogP contribution in [0.15, 0.2) is 23.1 Å². The van der Waals surface area contributed by atoms with Crippen LogP contribution in [-0.4, -0.2) is 15.7 Å². The Morgan fingerprint density at radius 1 is 1.64 bits per heavy atom. The molecule has 6 heteroatoms. The fraction of sp³-hybridized carbons (Fsp3) is 0.125. The summed E-state index contributed by atoms with van der Waals surface area (Å²) in [5.41, 5.74) is -0.231. The maximum absolute atomic E-state index is 11.1. The molecule has 0 aliphatic rings.